The van der Waals surface area contributed by atoms with Gasteiger partial charge in [0.15, 0.2) is 16.6 Å². The molecule has 19 heavy (non-hydrogen) atoms. The fraction of sp³-hybridized carbons (Fsp3) is 0.385. The summed E-state index contributed by atoms with van der Waals surface area (Å²) in [6, 6.07) is 5.62. The predicted molar refractivity (Wildman–Crippen MR) is 81.2 cm³/mol. The molecule has 0 bridgehead atoms. The summed E-state index contributed by atoms with van der Waals surface area (Å²) < 4.78 is 10.9. The molecule has 1 aromatic carbocycles. The molecular formula is C13H19N3O2S. The molecule has 0 amide bonds. The van der Waals surface area contributed by atoms with Gasteiger partial charge in [-0.05, 0) is 42.4 Å². The van der Waals surface area contributed by atoms with E-state index < -0.39 is 0 Å². The SMILES string of the molecule is CCCOc1cc(/C=N\NC(=S)NC)ccc1OC. The largest absolute Gasteiger partial charge is 0.493 e. The molecule has 0 atom stereocenters. The molecule has 1 aromatic rings. The van der Waals surface area contributed by atoms with Crippen molar-refractivity contribution in [3.63, 3.8) is 0 Å². The lowest BCUT2D eigenvalue weighted by molar-refractivity contribution is 0.294. The van der Waals surface area contributed by atoms with Crippen LogP contribution in [0.25, 0.3) is 0 Å². The first kappa shape index (κ1) is 15.2. The zero-order valence-corrected chi connectivity index (χ0v) is 12.2. The van der Waals surface area contributed by atoms with Gasteiger partial charge >= 0.3 is 0 Å². The zero-order valence-electron chi connectivity index (χ0n) is 11.4. The average molecular weight is 281 g/mol. The van der Waals surface area contributed by atoms with Gasteiger partial charge in [0.2, 0.25) is 0 Å². The van der Waals surface area contributed by atoms with Gasteiger partial charge in [0.05, 0.1) is 19.9 Å². The second-order valence-corrected chi connectivity index (χ2v) is 4.12. The van der Waals surface area contributed by atoms with Gasteiger partial charge in [0.1, 0.15) is 0 Å². The lowest BCUT2D eigenvalue weighted by atomic mass is 10.2. The van der Waals surface area contributed by atoms with Crippen LogP contribution in [0.3, 0.4) is 0 Å². The molecule has 5 nitrogen and oxygen atoms in total. The molecule has 6 heteroatoms. The van der Waals surface area contributed by atoms with Crippen LogP contribution < -0.4 is 20.2 Å². The van der Waals surface area contributed by atoms with Gasteiger partial charge in [-0.3, -0.25) is 5.43 Å². The van der Waals surface area contributed by atoms with Crippen molar-refractivity contribution in [1.82, 2.24) is 10.7 Å². The minimum Gasteiger partial charge on any atom is -0.493 e. The Morgan fingerprint density at radius 3 is 2.84 bits per heavy atom. The first-order chi connectivity index (χ1) is 9.21. The van der Waals surface area contributed by atoms with Gasteiger partial charge < -0.3 is 14.8 Å². The van der Waals surface area contributed by atoms with Crippen LogP contribution in [0.1, 0.15) is 18.9 Å². The van der Waals surface area contributed by atoms with E-state index in [4.69, 9.17) is 21.7 Å². The number of ether oxygens (including phenoxy) is 2. The zero-order chi connectivity index (χ0) is 14.1. The van der Waals surface area contributed by atoms with Gasteiger partial charge in [-0.1, -0.05) is 6.92 Å². The van der Waals surface area contributed by atoms with Crippen molar-refractivity contribution in [1.29, 1.82) is 0 Å². The first-order valence-corrected chi connectivity index (χ1v) is 6.43. The maximum atomic E-state index is 5.62. The third kappa shape index (κ3) is 5.13. The summed E-state index contributed by atoms with van der Waals surface area (Å²) in [6.07, 6.45) is 2.61. The summed E-state index contributed by atoms with van der Waals surface area (Å²) in [5.74, 6) is 1.42. The molecule has 0 saturated carbocycles. The van der Waals surface area contributed by atoms with Gasteiger partial charge in [-0.2, -0.15) is 5.10 Å². The van der Waals surface area contributed by atoms with Crippen LogP contribution in [0.15, 0.2) is 23.3 Å². The van der Waals surface area contributed by atoms with Crippen molar-refractivity contribution in [2.75, 3.05) is 20.8 Å². The minimum atomic E-state index is 0.465. The van der Waals surface area contributed by atoms with Gasteiger partial charge in [0.25, 0.3) is 0 Å². The second kappa shape index (κ2) is 8.31. The number of hydrazone groups is 1. The van der Waals surface area contributed by atoms with Crippen LogP contribution in [0.5, 0.6) is 11.5 Å². The van der Waals surface area contributed by atoms with E-state index in [1.54, 1.807) is 20.4 Å². The first-order valence-electron chi connectivity index (χ1n) is 6.02. The smallest absolute Gasteiger partial charge is 0.186 e. The number of thiocarbonyl (C=S) groups is 1. The van der Waals surface area contributed by atoms with Crippen LogP contribution in [0, 0.1) is 0 Å². The maximum absolute atomic E-state index is 5.62. The fourth-order valence-electron chi connectivity index (χ4n) is 1.32. The van der Waals surface area contributed by atoms with Gasteiger partial charge in [-0.15, -0.1) is 0 Å². The normalized spacial score (nSPS) is 10.3. The summed E-state index contributed by atoms with van der Waals surface area (Å²) >= 11 is 4.91. The van der Waals surface area contributed by atoms with Crippen LogP contribution in [-0.4, -0.2) is 32.1 Å². The number of methoxy groups -OCH3 is 1. The Hall–Kier alpha value is -1.82. The lowest BCUT2D eigenvalue weighted by Crippen LogP contribution is -2.28. The molecular weight excluding hydrogens is 262 g/mol. The third-order valence-electron chi connectivity index (χ3n) is 2.26. The van der Waals surface area contributed by atoms with Crippen molar-refractivity contribution in [2.45, 2.75) is 13.3 Å². The molecule has 0 spiro atoms. The van der Waals surface area contributed by atoms with E-state index in [2.05, 4.69) is 22.8 Å². The van der Waals surface area contributed by atoms with Crippen molar-refractivity contribution in [2.24, 2.45) is 5.10 Å². The van der Waals surface area contributed by atoms with E-state index in [-0.39, 0.29) is 0 Å². The highest BCUT2D eigenvalue weighted by molar-refractivity contribution is 7.80. The minimum absolute atomic E-state index is 0.465. The Balaban J connectivity index is 2.76. The molecule has 1 rings (SSSR count). The molecule has 0 aliphatic heterocycles. The molecule has 0 aliphatic rings. The molecule has 104 valence electrons. The van der Waals surface area contributed by atoms with E-state index in [0.717, 1.165) is 12.0 Å². The monoisotopic (exact) mass is 281 g/mol. The number of benzene rings is 1. The molecule has 0 saturated heterocycles. The highest BCUT2D eigenvalue weighted by atomic mass is 32.1. The summed E-state index contributed by atoms with van der Waals surface area (Å²) in [4.78, 5) is 0. The Morgan fingerprint density at radius 2 is 2.21 bits per heavy atom. The van der Waals surface area contributed by atoms with Crippen molar-refractivity contribution in [3.8, 4) is 11.5 Å². The molecule has 0 heterocycles. The lowest BCUT2D eigenvalue weighted by Gasteiger charge is -2.10. The fourth-order valence-corrected chi connectivity index (χ4v) is 1.37. The number of nitrogens with zero attached hydrogens (tertiary/aromatic N) is 1. The molecule has 2 N–H and O–H groups in total. The van der Waals surface area contributed by atoms with Crippen molar-refractivity contribution < 1.29 is 9.47 Å². The summed E-state index contributed by atoms with van der Waals surface area (Å²) in [5, 5.41) is 7.25. The van der Waals surface area contributed by atoms with Crippen molar-refractivity contribution in [3.05, 3.63) is 23.8 Å². The second-order valence-electron chi connectivity index (χ2n) is 3.71. The molecule has 0 radical (unpaired) electrons. The number of hydrogen-bond acceptors (Lipinski definition) is 4. The van der Waals surface area contributed by atoms with Crippen LogP contribution >= 0.6 is 12.2 Å². The maximum Gasteiger partial charge on any atom is 0.186 e. The Bertz CT molecular complexity index is 450. The summed E-state index contributed by atoms with van der Waals surface area (Å²) in [6.45, 7) is 2.71. The standard InChI is InChI=1S/C13H19N3O2S/c1-4-7-18-12-8-10(5-6-11(12)17-3)9-15-16-13(19)14-2/h5-6,8-9H,4,7H2,1-3H3,(H2,14,16,19)/b15-9-. The summed E-state index contributed by atoms with van der Waals surface area (Å²) in [5.41, 5.74) is 3.59. The number of nitrogens with one attached hydrogen (secondary N) is 2. The highest BCUT2D eigenvalue weighted by Gasteiger charge is 2.04. The third-order valence-corrected chi connectivity index (χ3v) is 2.55. The summed E-state index contributed by atoms with van der Waals surface area (Å²) in [7, 11) is 3.35. The Labute approximate surface area is 119 Å². The highest BCUT2D eigenvalue weighted by Crippen LogP contribution is 2.27. The molecule has 0 aliphatic carbocycles. The van der Waals surface area contributed by atoms with E-state index in [9.17, 15) is 0 Å². The van der Waals surface area contributed by atoms with E-state index in [1.165, 1.54) is 0 Å². The number of hydrogen-bond donors (Lipinski definition) is 2. The molecule has 0 unspecified atom stereocenters. The van der Waals surface area contributed by atoms with Crippen LogP contribution in [0.4, 0.5) is 0 Å². The Morgan fingerprint density at radius 1 is 1.42 bits per heavy atom. The van der Waals surface area contributed by atoms with Gasteiger partial charge in [-0.25, -0.2) is 0 Å². The quantitative estimate of drug-likeness (QED) is 0.474. The van der Waals surface area contributed by atoms with Crippen LogP contribution in [0.2, 0.25) is 0 Å². The van der Waals surface area contributed by atoms with E-state index in [1.807, 2.05) is 18.2 Å². The van der Waals surface area contributed by atoms with Crippen LogP contribution in [-0.2, 0) is 0 Å². The van der Waals surface area contributed by atoms with Crippen molar-refractivity contribution >= 4 is 23.5 Å². The van der Waals surface area contributed by atoms with Gasteiger partial charge in [0, 0.05) is 7.05 Å². The Kier molecular flexibility index (Phi) is 6.67. The number of rotatable bonds is 6. The van der Waals surface area contributed by atoms with E-state index in [0.29, 0.717) is 23.2 Å². The van der Waals surface area contributed by atoms with E-state index >= 15 is 0 Å². The predicted octanol–water partition coefficient (Wildman–Crippen LogP) is 1.91. The average Bonchev–Trinajstić information content (AvgIpc) is 2.45. The molecule has 0 aromatic heterocycles. The topological polar surface area (TPSA) is 54.9 Å². The molecule has 0 fully saturated rings.